The van der Waals surface area contributed by atoms with Crippen LogP contribution in [0.1, 0.15) is 25.0 Å². The van der Waals surface area contributed by atoms with E-state index in [9.17, 15) is 4.79 Å². The summed E-state index contributed by atoms with van der Waals surface area (Å²) >= 11 is 1.59. The highest BCUT2D eigenvalue weighted by Crippen LogP contribution is 2.35. The number of amides is 1. The normalized spacial score (nSPS) is 19.0. The SMILES string of the molecule is CC1(C)Cc2cccc(CCN3CCN(c4nsc5ccccc45)CC3)c2NC1=O. The molecule has 0 radical (unpaired) electrons. The van der Waals surface area contributed by atoms with Crippen molar-refractivity contribution in [2.24, 2.45) is 5.41 Å². The molecule has 6 heteroatoms. The van der Waals surface area contributed by atoms with Crippen LogP contribution in [-0.4, -0.2) is 47.9 Å². The molecule has 0 saturated carbocycles. The van der Waals surface area contributed by atoms with Crippen LogP contribution in [-0.2, 0) is 17.6 Å². The number of carbonyl (C=O) groups is 1. The Morgan fingerprint density at radius 2 is 1.87 bits per heavy atom. The molecule has 3 heterocycles. The van der Waals surface area contributed by atoms with Gasteiger partial charge in [-0.1, -0.05) is 44.2 Å². The molecule has 1 saturated heterocycles. The lowest BCUT2D eigenvalue weighted by molar-refractivity contribution is -0.124. The molecule has 1 amide bonds. The quantitative estimate of drug-likeness (QED) is 0.688. The van der Waals surface area contributed by atoms with Gasteiger partial charge < -0.3 is 10.2 Å². The van der Waals surface area contributed by atoms with Crippen molar-refractivity contribution in [3.8, 4) is 0 Å². The van der Waals surface area contributed by atoms with Gasteiger partial charge in [0.2, 0.25) is 5.91 Å². The van der Waals surface area contributed by atoms with Crippen molar-refractivity contribution in [3.63, 3.8) is 0 Å². The average molecular weight is 421 g/mol. The van der Waals surface area contributed by atoms with Crippen LogP contribution in [0.5, 0.6) is 0 Å². The highest BCUT2D eigenvalue weighted by atomic mass is 32.1. The maximum atomic E-state index is 12.4. The largest absolute Gasteiger partial charge is 0.353 e. The van der Waals surface area contributed by atoms with E-state index in [1.807, 2.05) is 13.8 Å². The van der Waals surface area contributed by atoms with Crippen LogP contribution in [0, 0.1) is 5.41 Å². The number of nitrogens with zero attached hydrogens (tertiary/aromatic N) is 3. The van der Waals surface area contributed by atoms with Crippen LogP contribution in [0.25, 0.3) is 10.1 Å². The third kappa shape index (κ3) is 3.59. The Kier molecular flexibility index (Phi) is 4.99. The van der Waals surface area contributed by atoms with E-state index in [0.717, 1.165) is 57.1 Å². The van der Waals surface area contributed by atoms with E-state index in [0.29, 0.717) is 0 Å². The summed E-state index contributed by atoms with van der Waals surface area (Å²) < 4.78 is 5.97. The van der Waals surface area contributed by atoms with Crippen LogP contribution in [0.2, 0.25) is 0 Å². The zero-order valence-corrected chi connectivity index (χ0v) is 18.5. The lowest BCUT2D eigenvalue weighted by atomic mass is 9.80. The van der Waals surface area contributed by atoms with Crippen LogP contribution in [0.3, 0.4) is 0 Å². The number of hydrogen-bond donors (Lipinski definition) is 1. The van der Waals surface area contributed by atoms with Crippen molar-refractivity contribution < 1.29 is 4.79 Å². The second-order valence-corrected chi connectivity index (χ2v) is 9.85. The van der Waals surface area contributed by atoms with Gasteiger partial charge in [-0.05, 0) is 47.6 Å². The van der Waals surface area contributed by atoms with Crippen molar-refractivity contribution >= 4 is 39.0 Å². The number of fused-ring (bicyclic) bond motifs is 2. The Morgan fingerprint density at radius 3 is 2.70 bits per heavy atom. The highest BCUT2D eigenvalue weighted by Gasteiger charge is 2.34. The molecule has 2 aliphatic heterocycles. The molecule has 0 unspecified atom stereocenters. The van der Waals surface area contributed by atoms with Crippen LogP contribution >= 0.6 is 11.5 Å². The molecule has 3 aromatic rings. The highest BCUT2D eigenvalue weighted by molar-refractivity contribution is 7.13. The minimum atomic E-state index is -0.332. The van der Waals surface area contributed by atoms with Gasteiger partial charge in [0.15, 0.2) is 0 Å². The first-order chi connectivity index (χ1) is 14.5. The van der Waals surface area contributed by atoms with Crippen LogP contribution in [0.15, 0.2) is 42.5 Å². The third-order valence-electron chi connectivity index (χ3n) is 6.45. The van der Waals surface area contributed by atoms with Gasteiger partial charge in [-0.15, -0.1) is 0 Å². The Bertz CT molecular complexity index is 1080. The predicted molar refractivity (Wildman–Crippen MR) is 125 cm³/mol. The minimum Gasteiger partial charge on any atom is -0.353 e. The number of nitrogens with one attached hydrogen (secondary N) is 1. The molecule has 1 N–H and O–H groups in total. The van der Waals surface area contributed by atoms with Gasteiger partial charge in [-0.2, -0.15) is 4.37 Å². The minimum absolute atomic E-state index is 0.131. The summed E-state index contributed by atoms with van der Waals surface area (Å²) in [5, 5.41) is 4.45. The fourth-order valence-corrected chi connectivity index (χ4v) is 5.37. The zero-order chi connectivity index (χ0) is 20.7. The number of anilines is 2. The summed E-state index contributed by atoms with van der Waals surface area (Å²) in [5.41, 5.74) is 3.23. The third-order valence-corrected chi connectivity index (χ3v) is 7.27. The summed E-state index contributed by atoms with van der Waals surface area (Å²) in [6, 6.07) is 14.9. The molecule has 156 valence electrons. The van der Waals surface area contributed by atoms with Crippen molar-refractivity contribution in [2.45, 2.75) is 26.7 Å². The van der Waals surface area contributed by atoms with Crippen molar-refractivity contribution in [1.29, 1.82) is 0 Å². The second-order valence-electron chi connectivity index (χ2n) is 9.05. The first-order valence-electron chi connectivity index (χ1n) is 10.8. The molecule has 2 aliphatic rings. The maximum absolute atomic E-state index is 12.4. The number of para-hydroxylation sites is 1. The van der Waals surface area contributed by atoms with Gasteiger partial charge in [-0.3, -0.25) is 9.69 Å². The van der Waals surface area contributed by atoms with Gasteiger partial charge in [0.1, 0.15) is 5.82 Å². The van der Waals surface area contributed by atoms with E-state index in [-0.39, 0.29) is 11.3 Å². The Balaban J connectivity index is 1.22. The molecular formula is C24H28N4OS. The summed E-state index contributed by atoms with van der Waals surface area (Å²) in [7, 11) is 0. The topological polar surface area (TPSA) is 48.5 Å². The molecule has 0 bridgehead atoms. The van der Waals surface area contributed by atoms with Crippen LogP contribution < -0.4 is 10.2 Å². The first kappa shape index (κ1) is 19.5. The summed E-state index contributed by atoms with van der Waals surface area (Å²) in [6.07, 6.45) is 1.77. The first-order valence-corrected chi connectivity index (χ1v) is 11.5. The molecular weight excluding hydrogens is 392 g/mol. The fourth-order valence-electron chi connectivity index (χ4n) is 4.57. The van der Waals surface area contributed by atoms with Gasteiger partial charge >= 0.3 is 0 Å². The molecule has 0 atom stereocenters. The van der Waals surface area contributed by atoms with Gasteiger partial charge in [0, 0.05) is 49.2 Å². The number of aromatic nitrogens is 1. The molecule has 0 spiro atoms. The number of piperazine rings is 1. The van der Waals surface area contributed by atoms with Crippen molar-refractivity contribution in [1.82, 2.24) is 9.27 Å². The lowest BCUT2D eigenvalue weighted by Crippen LogP contribution is -2.47. The Morgan fingerprint density at radius 1 is 1.07 bits per heavy atom. The van der Waals surface area contributed by atoms with Crippen LogP contribution in [0.4, 0.5) is 11.5 Å². The second kappa shape index (κ2) is 7.67. The zero-order valence-electron chi connectivity index (χ0n) is 17.6. The summed E-state index contributed by atoms with van der Waals surface area (Å²) in [5.74, 6) is 1.27. The van der Waals surface area contributed by atoms with Crippen molar-refractivity contribution in [3.05, 3.63) is 53.6 Å². The number of benzene rings is 2. The Labute approximate surface area is 181 Å². The van der Waals surface area contributed by atoms with E-state index in [2.05, 4.69) is 57.6 Å². The maximum Gasteiger partial charge on any atom is 0.230 e. The summed E-state index contributed by atoms with van der Waals surface area (Å²) in [6.45, 7) is 9.14. The van der Waals surface area contributed by atoms with Crippen molar-refractivity contribution in [2.75, 3.05) is 42.9 Å². The molecule has 0 aliphatic carbocycles. The molecule has 1 aromatic heterocycles. The van der Waals surface area contributed by atoms with E-state index < -0.39 is 0 Å². The van der Waals surface area contributed by atoms with Gasteiger partial charge in [0.25, 0.3) is 0 Å². The van der Waals surface area contributed by atoms with Gasteiger partial charge in [0.05, 0.1) is 4.70 Å². The van der Waals surface area contributed by atoms with E-state index in [4.69, 9.17) is 4.37 Å². The van der Waals surface area contributed by atoms with Gasteiger partial charge in [-0.25, -0.2) is 0 Å². The molecule has 5 rings (SSSR count). The molecule has 2 aromatic carbocycles. The Hall–Kier alpha value is -2.44. The molecule has 1 fully saturated rings. The monoisotopic (exact) mass is 420 g/mol. The summed E-state index contributed by atoms with van der Waals surface area (Å²) in [4.78, 5) is 17.4. The number of rotatable bonds is 4. The average Bonchev–Trinajstić information content (AvgIpc) is 3.17. The standard InChI is InChI=1S/C24H28N4OS/c1-24(2)16-18-7-5-6-17(21(18)25-23(24)29)10-11-27-12-14-28(15-13-27)22-19-8-3-4-9-20(19)30-26-22/h3-9H,10-16H2,1-2H3,(H,25,29). The van der Waals surface area contributed by atoms with E-state index in [1.54, 1.807) is 11.5 Å². The number of carbonyl (C=O) groups excluding carboxylic acids is 1. The van der Waals surface area contributed by atoms with E-state index in [1.165, 1.54) is 21.2 Å². The molecule has 5 nitrogen and oxygen atoms in total. The number of hydrogen-bond acceptors (Lipinski definition) is 5. The predicted octanol–water partition coefficient (Wildman–Crippen LogP) is 4.18. The fraction of sp³-hybridized carbons (Fsp3) is 0.417. The molecule has 30 heavy (non-hydrogen) atoms. The smallest absolute Gasteiger partial charge is 0.230 e. The lowest BCUT2D eigenvalue weighted by Gasteiger charge is -2.35. The van der Waals surface area contributed by atoms with E-state index >= 15 is 0 Å².